The highest BCUT2D eigenvalue weighted by Gasteiger charge is 2.14. The van der Waals surface area contributed by atoms with Gasteiger partial charge in [-0.3, -0.25) is 9.78 Å². The fourth-order valence-corrected chi connectivity index (χ4v) is 3.06. The molecule has 5 nitrogen and oxygen atoms in total. The summed E-state index contributed by atoms with van der Waals surface area (Å²) >= 11 is 0. The Labute approximate surface area is 165 Å². The van der Waals surface area contributed by atoms with E-state index in [2.05, 4.69) is 55.0 Å². The highest BCUT2D eigenvalue weighted by molar-refractivity contribution is 5.76. The Hall–Kier alpha value is -3.08. The van der Waals surface area contributed by atoms with Gasteiger partial charge in [-0.2, -0.15) is 0 Å². The average molecular weight is 375 g/mol. The molecule has 0 atom stereocenters. The van der Waals surface area contributed by atoms with E-state index in [9.17, 15) is 9.90 Å². The van der Waals surface area contributed by atoms with Crippen molar-refractivity contribution >= 4 is 6.29 Å². The molecule has 3 aromatic rings. The maximum Gasteiger partial charge on any atom is 0.172 e. The van der Waals surface area contributed by atoms with E-state index in [4.69, 9.17) is 4.98 Å². The summed E-state index contributed by atoms with van der Waals surface area (Å²) in [6.07, 6.45) is 0.993. The Morgan fingerprint density at radius 1 is 0.929 bits per heavy atom. The first-order valence-corrected chi connectivity index (χ1v) is 9.28. The van der Waals surface area contributed by atoms with Crippen LogP contribution in [0.4, 0.5) is 0 Å². The van der Waals surface area contributed by atoms with Crippen LogP contribution in [0.2, 0.25) is 0 Å². The molecule has 0 aliphatic rings. The summed E-state index contributed by atoms with van der Waals surface area (Å²) in [7, 11) is 0. The van der Waals surface area contributed by atoms with Crippen molar-refractivity contribution in [3.05, 3.63) is 70.4 Å². The van der Waals surface area contributed by atoms with Crippen molar-refractivity contribution in [3.63, 3.8) is 0 Å². The van der Waals surface area contributed by atoms with Gasteiger partial charge in [0.15, 0.2) is 12.0 Å². The van der Waals surface area contributed by atoms with Crippen molar-refractivity contribution in [1.82, 2.24) is 15.0 Å². The SMILES string of the molecule is Cc1nc(-c2ccc(C(C)(C)C)cc2)ccc1Cc1nc(C)c(O)c(C=O)n1. The lowest BCUT2D eigenvalue weighted by molar-refractivity contribution is 0.111. The third-order valence-electron chi connectivity index (χ3n) is 4.83. The van der Waals surface area contributed by atoms with E-state index < -0.39 is 0 Å². The maximum absolute atomic E-state index is 11.1. The standard InChI is InChI=1S/C23H25N3O2/c1-14-17(12-21-25-15(2)22(28)20(13-27)26-21)8-11-19(24-14)16-6-9-18(10-7-16)23(3,4)5/h6-11,13,28H,12H2,1-5H3. The van der Waals surface area contributed by atoms with Gasteiger partial charge in [0.25, 0.3) is 0 Å². The minimum Gasteiger partial charge on any atom is -0.504 e. The molecule has 1 N–H and O–H groups in total. The summed E-state index contributed by atoms with van der Waals surface area (Å²) in [6.45, 7) is 10.2. The summed E-state index contributed by atoms with van der Waals surface area (Å²) in [5.41, 5.74) is 5.68. The summed E-state index contributed by atoms with van der Waals surface area (Å²) in [4.78, 5) is 24.2. The van der Waals surface area contributed by atoms with Crippen LogP contribution < -0.4 is 0 Å². The zero-order valence-corrected chi connectivity index (χ0v) is 16.9. The van der Waals surface area contributed by atoms with Crippen LogP contribution in [0.3, 0.4) is 0 Å². The van der Waals surface area contributed by atoms with Crippen molar-refractivity contribution in [2.24, 2.45) is 0 Å². The monoisotopic (exact) mass is 375 g/mol. The van der Waals surface area contributed by atoms with E-state index in [0.717, 1.165) is 22.5 Å². The normalized spacial score (nSPS) is 11.5. The lowest BCUT2D eigenvalue weighted by Crippen LogP contribution is -2.10. The number of nitrogens with zero attached hydrogens (tertiary/aromatic N) is 3. The molecule has 0 amide bonds. The Morgan fingerprint density at radius 2 is 1.61 bits per heavy atom. The van der Waals surface area contributed by atoms with Crippen molar-refractivity contribution in [1.29, 1.82) is 0 Å². The second-order valence-electron chi connectivity index (χ2n) is 8.02. The van der Waals surface area contributed by atoms with Gasteiger partial charge < -0.3 is 5.11 Å². The zero-order chi connectivity index (χ0) is 20.5. The molecular weight excluding hydrogens is 350 g/mol. The Kier molecular flexibility index (Phi) is 5.27. The molecule has 0 bridgehead atoms. The Balaban J connectivity index is 1.87. The van der Waals surface area contributed by atoms with Gasteiger partial charge >= 0.3 is 0 Å². The molecule has 2 aromatic heterocycles. The molecule has 144 valence electrons. The molecule has 3 rings (SSSR count). The Morgan fingerprint density at radius 3 is 2.18 bits per heavy atom. The van der Waals surface area contributed by atoms with Crippen LogP contribution in [0.25, 0.3) is 11.3 Å². The lowest BCUT2D eigenvalue weighted by Gasteiger charge is -2.19. The number of hydrogen-bond acceptors (Lipinski definition) is 5. The number of benzene rings is 1. The van der Waals surface area contributed by atoms with Crippen LogP contribution in [-0.2, 0) is 11.8 Å². The zero-order valence-electron chi connectivity index (χ0n) is 16.9. The molecule has 28 heavy (non-hydrogen) atoms. The minimum atomic E-state index is -0.164. The van der Waals surface area contributed by atoms with Gasteiger partial charge in [-0.15, -0.1) is 0 Å². The molecule has 0 spiro atoms. The van der Waals surface area contributed by atoms with Crippen LogP contribution in [0.5, 0.6) is 5.75 Å². The van der Waals surface area contributed by atoms with Gasteiger partial charge in [0, 0.05) is 17.7 Å². The fourth-order valence-electron chi connectivity index (χ4n) is 3.06. The van der Waals surface area contributed by atoms with E-state index >= 15 is 0 Å². The largest absolute Gasteiger partial charge is 0.504 e. The number of aryl methyl sites for hydroxylation is 2. The van der Waals surface area contributed by atoms with Crippen LogP contribution in [0, 0.1) is 13.8 Å². The van der Waals surface area contributed by atoms with Gasteiger partial charge in [0.2, 0.25) is 0 Å². The van der Waals surface area contributed by atoms with Crippen LogP contribution in [-0.4, -0.2) is 26.3 Å². The van der Waals surface area contributed by atoms with E-state index in [1.165, 1.54) is 5.56 Å². The second kappa shape index (κ2) is 7.50. The van der Waals surface area contributed by atoms with Crippen molar-refractivity contribution < 1.29 is 9.90 Å². The number of aromatic hydroxyl groups is 1. The van der Waals surface area contributed by atoms with E-state index in [-0.39, 0.29) is 16.9 Å². The number of hydrogen-bond donors (Lipinski definition) is 1. The fraction of sp³-hybridized carbons (Fsp3) is 0.304. The van der Waals surface area contributed by atoms with Gasteiger partial charge in [0.1, 0.15) is 11.5 Å². The van der Waals surface area contributed by atoms with E-state index in [1.54, 1.807) is 6.92 Å². The van der Waals surface area contributed by atoms with Crippen molar-refractivity contribution in [2.75, 3.05) is 0 Å². The number of pyridine rings is 1. The minimum absolute atomic E-state index is 0.0173. The third-order valence-corrected chi connectivity index (χ3v) is 4.83. The molecule has 0 aliphatic carbocycles. The first-order valence-electron chi connectivity index (χ1n) is 9.28. The number of aldehydes is 1. The molecule has 0 saturated heterocycles. The summed E-state index contributed by atoms with van der Waals surface area (Å²) in [5.74, 6) is 0.326. The van der Waals surface area contributed by atoms with E-state index in [0.29, 0.717) is 24.2 Å². The third kappa shape index (κ3) is 4.09. The first kappa shape index (κ1) is 19.7. The topological polar surface area (TPSA) is 76.0 Å². The van der Waals surface area contributed by atoms with E-state index in [1.807, 2.05) is 19.1 Å². The smallest absolute Gasteiger partial charge is 0.172 e. The number of rotatable bonds is 4. The number of carbonyl (C=O) groups is 1. The summed E-state index contributed by atoms with van der Waals surface area (Å²) in [6, 6.07) is 12.5. The molecule has 5 heteroatoms. The van der Waals surface area contributed by atoms with Crippen molar-refractivity contribution in [3.8, 4) is 17.0 Å². The van der Waals surface area contributed by atoms with Crippen molar-refractivity contribution in [2.45, 2.75) is 46.5 Å². The highest BCUT2D eigenvalue weighted by atomic mass is 16.3. The molecule has 0 saturated carbocycles. The van der Waals surface area contributed by atoms with Crippen LogP contribution in [0.1, 0.15) is 59.6 Å². The quantitative estimate of drug-likeness (QED) is 0.677. The van der Waals surface area contributed by atoms with Gasteiger partial charge in [-0.1, -0.05) is 51.1 Å². The summed E-state index contributed by atoms with van der Waals surface area (Å²) in [5, 5.41) is 9.81. The molecular formula is C23H25N3O2. The van der Waals surface area contributed by atoms with Crippen LogP contribution >= 0.6 is 0 Å². The lowest BCUT2D eigenvalue weighted by atomic mass is 9.86. The predicted octanol–water partition coefficient (Wildman–Crippen LogP) is 4.56. The summed E-state index contributed by atoms with van der Waals surface area (Å²) < 4.78 is 0. The average Bonchev–Trinajstić information content (AvgIpc) is 2.65. The molecule has 0 radical (unpaired) electrons. The van der Waals surface area contributed by atoms with Crippen LogP contribution in [0.15, 0.2) is 36.4 Å². The molecule has 0 aliphatic heterocycles. The molecule has 2 heterocycles. The van der Waals surface area contributed by atoms with Gasteiger partial charge in [-0.05, 0) is 36.5 Å². The Bertz CT molecular complexity index is 1020. The highest BCUT2D eigenvalue weighted by Crippen LogP contribution is 2.26. The maximum atomic E-state index is 11.1. The molecule has 0 fully saturated rings. The van der Waals surface area contributed by atoms with Gasteiger partial charge in [0.05, 0.1) is 11.4 Å². The molecule has 0 unspecified atom stereocenters. The predicted molar refractivity (Wildman–Crippen MR) is 110 cm³/mol. The number of carbonyl (C=O) groups excluding carboxylic acids is 1. The number of aromatic nitrogens is 3. The van der Waals surface area contributed by atoms with Gasteiger partial charge in [-0.25, -0.2) is 9.97 Å². The molecule has 1 aromatic carbocycles. The first-order chi connectivity index (χ1) is 13.2. The second-order valence-corrected chi connectivity index (χ2v) is 8.02.